The lowest BCUT2D eigenvalue weighted by Crippen LogP contribution is -1.83. The molecule has 55 valence electrons. The maximum Gasteiger partial charge on any atom is 0.0147 e. The van der Waals surface area contributed by atoms with Gasteiger partial charge >= 0.3 is 0 Å². The molecule has 0 saturated carbocycles. The number of nitrogens with one attached hydrogen (secondary N) is 1. The van der Waals surface area contributed by atoms with Gasteiger partial charge in [0.25, 0.3) is 0 Å². The van der Waals surface area contributed by atoms with Gasteiger partial charge in [-0.1, -0.05) is 13.3 Å². The minimum Gasteiger partial charge on any atom is -0.365 e. The number of aryl methyl sites for hydroxylation is 1. The second kappa shape index (κ2) is 4.15. The molecular weight excluding hydrogens is 122 g/mol. The van der Waals surface area contributed by atoms with E-state index < -0.39 is 0 Å². The average molecular weight is 136 g/mol. The summed E-state index contributed by atoms with van der Waals surface area (Å²) in [7, 11) is 0. The number of hydrogen-bond donors (Lipinski definition) is 1. The van der Waals surface area contributed by atoms with Crippen molar-refractivity contribution in [3.8, 4) is 0 Å². The van der Waals surface area contributed by atoms with Crippen LogP contribution in [0, 0.1) is 6.42 Å². The van der Waals surface area contributed by atoms with Crippen LogP contribution in [0.2, 0.25) is 0 Å². The first kappa shape index (κ1) is 7.39. The summed E-state index contributed by atoms with van der Waals surface area (Å²) in [5.74, 6) is 0. The lowest BCUT2D eigenvalue weighted by molar-refractivity contribution is 0.793. The van der Waals surface area contributed by atoms with Crippen molar-refractivity contribution < 1.29 is 0 Å². The smallest absolute Gasteiger partial charge is 0.0147 e. The number of unbranched alkanes of at least 4 members (excludes halogenated alkanes) is 2. The molecule has 1 aromatic heterocycles. The van der Waals surface area contributed by atoms with E-state index in [-0.39, 0.29) is 0 Å². The van der Waals surface area contributed by atoms with Crippen LogP contribution in [0.4, 0.5) is 0 Å². The third kappa shape index (κ3) is 2.26. The van der Waals surface area contributed by atoms with Gasteiger partial charge in [0, 0.05) is 11.9 Å². The molecule has 1 rings (SSSR count). The lowest BCUT2D eigenvalue weighted by Gasteiger charge is -1.94. The first-order valence-electron chi connectivity index (χ1n) is 3.83. The first-order valence-corrected chi connectivity index (χ1v) is 3.83. The Morgan fingerprint density at radius 3 is 3.10 bits per heavy atom. The zero-order valence-corrected chi connectivity index (χ0v) is 6.43. The van der Waals surface area contributed by atoms with Crippen LogP contribution >= 0.6 is 0 Å². The Morgan fingerprint density at radius 2 is 2.50 bits per heavy atom. The minimum absolute atomic E-state index is 1.18. The molecule has 1 radical (unpaired) electrons. The second-order valence-electron chi connectivity index (χ2n) is 2.50. The molecule has 1 aromatic rings. The van der Waals surface area contributed by atoms with Crippen molar-refractivity contribution in [3.05, 3.63) is 30.4 Å². The number of H-pyrrole nitrogens is 1. The van der Waals surface area contributed by atoms with E-state index in [0.29, 0.717) is 0 Å². The Balaban J connectivity index is 2.15. The van der Waals surface area contributed by atoms with E-state index in [0.717, 1.165) is 0 Å². The maximum atomic E-state index is 3.18. The van der Waals surface area contributed by atoms with Crippen molar-refractivity contribution >= 4 is 0 Å². The van der Waals surface area contributed by atoms with Gasteiger partial charge in [-0.25, -0.2) is 0 Å². The number of aromatic nitrogens is 1. The molecule has 1 heterocycles. The van der Waals surface area contributed by atoms with Crippen LogP contribution in [0.25, 0.3) is 0 Å². The third-order valence-electron chi connectivity index (χ3n) is 1.60. The fourth-order valence-electron chi connectivity index (χ4n) is 1.02. The summed E-state index contributed by atoms with van der Waals surface area (Å²) >= 11 is 0. The van der Waals surface area contributed by atoms with Crippen LogP contribution < -0.4 is 0 Å². The molecule has 1 nitrogen and oxygen atoms in total. The summed E-state index contributed by atoms with van der Waals surface area (Å²) in [5.41, 5.74) is 1.35. The van der Waals surface area contributed by atoms with Gasteiger partial charge in [-0.15, -0.1) is 0 Å². The van der Waals surface area contributed by atoms with E-state index in [1.807, 2.05) is 12.3 Å². The molecule has 10 heavy (non-hydrogen) atoms. The largest absolute Gasteiger partial charge is 0.365 e. The fraction of sp³-hybridized carbons (Fsp3) is 0.444. The highest BCUT2D eigenvalue weighted by Gasteiger charge is 1.90. The Kier molecular flexibility index (Phi) is 3.07. The van der Waals surface area contributed by atoms with Crippen molar-refractivity contribution in [3.63, 3.8) is 0 Å². The van der Waals surface area contributed by atoms with Crippen molar-refractivity contribution in [1.29, 1.82) is 0 Å². The quantitative estimate of drug-likeness (QED) is 0.612. The Hall–Kier alpha value is -0.720. The van der Waals surface area contributed by atoms with Gasteiger partial charge < -0.3 is 4.98 Å². The van der Waals surface area contributed by atoms with Crippen molar-refractivity contribution in [2.45, 2.75) is 26.2 Å². The van der Waals surface area contributed by atoms with Gasteiger partial charge in [-0.3, -0.25) is 0 Å². The van der Waals surface area contributed by atoms with Crippen LogP contribution in [0.5, 0.6) is 0 Å². The van der Waals surface area contributed by atoms with Gasteiger partial charge in [-0.2, -0.15) is 0 Å². The third-order valence-corrected chi connectivity index (χ3v) is 1.60. The summed E-state index contributed by atoms with van der Waals surface area (Å²) in [6, 6.07) is 4.18. The second-order valence-corrected chi connectivity index (χ2v) is 2.50. The topological polar surface area (TPSA) is 15.8 Å². The van der Waals surface area contributed by atoms with Crippen LogP contribution in [-0.2, 0) is 6.42 Å². The predicted molar refractivity (Wildman–Crippen MR) is 43.7 cm³/mol. The highest BCUT2D eigenvalue weighted by atomic mass is 14.7. The molecule has 0 saturated heterocycles. The summed E-state index contributed by atoms with van der Waals surface area (Å²) in [4.78, 5) is 3.18. The first-order chi connectivity index (χ1) is 4.93. The van der Waals surface area contributed by atoms with Crippen LogP contribution in [0.1, 0.15) is 25.5 Å². The molecule has 1 heteroatoms. The monoisotopic (exact) mass is 136 g/mol. The summed E-state index contributed by atoms with van der Waals surface area (Å²) in [5, 5.41) is 0. The average Bonchev–Trinajstić information content (AvgIpc) is 2.41. The van der Waals surface area contributed by atoms with E-state index in [1.165, 1.54) is 25.0 Å². The van der Waals surface area contributed by atoms with Gasteiger partial charge in [0.05, 0.1) is 0 Å². The summed E-state index contributed by atoms with van der Waals surface area (Å²) in [6.45, 7) is 2.11. The minimum atomic E-state index is 1.18. The number of aromatic amines is 1. The fourth-order valence-corrected chi connectivity index (χ4v) is 1.02. The molecule has 0 spiro atoms. The Morgan fingerprint density at radius 1 is 1.60 bits per heavy atom. The molecule has 0 atom stereocenters. The highest BCUT2D eigenvalue weighted by Crippen LogP contribution is 2.02. The normalized spacial score (nSPS) is 10.1. The van der Waals surface area contributed by atoms with E-state index in [4.69, 9.17) is 0 Å². The molecule has 0 aliphatic heterocycles. The van der Waals surface area contributed by atoms with Gasteiger partial charge in [0.2, 0.25) is 0 Å². The van der Waals surface area contributed by atoms with E-state index in [1.54, 1.807) is 0 Å². The predicted octanol–water partition coefficient (Wildman–Crippen LogP) is 2.56. The molecular formula is C9H14N. The summed E-state index contributed by atoms with van der Waals surface area (Å²) < 4.78 is 0. The molecule has 0 aliphatic rings. The Bertz CT molecular complexity index is 153. The molecule has 0 aromatic carbocycles. The van der Waals surface area contributed by atoms with E-state index in [9.17, 15) is 0 Å². The molecule has 0 fully saturated rings. The number of rotatable bonds is 4. The maximum absolute atomic E-state index is 3.18. The molecule has 0 unspecified atom stereocenters. The van der Waals surface area contributed by atoms with Crippen molar-refractivity contribution in [2.24, 2.45) is 0 Å². The number of hydrogen-bond acceptors (Lipinski definition) is 0. The molecule has 0 aliphatic carbocycles. The molecule has 0 bridgehead atoms. The standard InChI is InChI=1S/C9H14N/c1-2-3-4-6-9-7-5-8-10-9/h2,5,7-8,10H,3-4,6H2,1H3. The van der Waals surface area contributed by atoms with Crippen LogP contribution in [0.3, 0.4) is 0 Å². The SMILES string of the molecule is C[CH]CCCc1ccc[nH]1. The van der Waals surface area contributed by atoms with E-state index in [2.05, 4.69) is 24.4 Å². The summed E-state index contributed by atoms with van der Waals surface area (Å²) in [6.07, 6.45) is 7.85. The molecule has 0 amide bonds. The van der Waals surface area contributed by atoms with Crippen LogP contribution in [0.15, 0.2) is 18.3 Å². The van der Waals surface area contributed by atoms with Crippen LogP contribution in [-0.4, -0.2) is 4.98 Å². The Labute approximate surface area is 62.5 Å². The zero-order chi connectivity index (χ0) is 7.23. The van der Waals surface area contributed by atoms with Gasteiger partial charge in [0.1, 0.15) is 0 Å². The van der Waals surface area contributed by atoms with Crippen molar-refractivity contribution in [1.82, 2.24) is 4.98 Å². The highest BCUT2D eigenvalue weighted by molar-refractivity contribution is 5.03. The van der Waals surface area contributed by atoms with Crippen molar-refractivity contribution in [2.75, 3.05) is 0 Å². The van der Waals surface area contributed by atoms with Gasteiger partial charge in [-0.05, 0) is 31.4 Å². The van der Waals surface area contributed by atoms with Gasteiger partial charge in [0.15, 0.2) is 0 Å². The lowest BCUT2D eigenvalue weighted by atomic mass is 10.2. The van der Waals surface area contributed by atoms with E-state index >= 15 is 0 Å². The zero-order valence-electron chi connectivity index (χ0n) is 6.43. The molecule has 1 N–H and O–H groups in total.